The van der Waals surface area contributed by atoms with Crippen molar-refractivity contribution < 1.29 is 5.11 Å². The van der Waals surface area contributed by atoms with Gasteiger partial charge in [0.1, 0.15) is 5.75 Å². The van der Waals surface area contributed by atoms with E-state index in [0.717, 1.165) is 39.0 Å². The molecule has 0 saturated carbocycles. The monoisotopic (exact) mass is 251 g/mol. The molecule has 0 aliphatic carbocycles. The molecule has 102 valence electrons. The van der Waals surface area contributed by atoms with Crippen LogP contribution in [-0.4, -0.2) is 37.3 Å². The molecule has 0 aromatic heterocycles. The molecule has 0 amide bonds. The van der Waals surface area contributed by atoms with Gasteiger partial charge in [-0.25, -0.2) is 0 Å². The summed E-state index contributed by atoms with van der Waals surface area (Å²) >= 11 is 0. The second kappa shape index (κ2) is 8.91. The highest BCUT2D eigenvalue weighted by atomic mass is 16.3. The van der Waals surface area contributed by atoms with E-state index in [1.165, 1.54) is 5.56 Å². The van der Waals surface area contributed by atoms with Gasteiger partial charge in [-0.1, -0.05) is 19.1 Å². The number of rotatable bonds is 9. The molecule has 0 unspecified atom stereocenters. The van der Waals surface area contributed by atoms with E-state index in [2.05, 4.69) is 17.6 Å². The normalized spacial score (nSPS) is 12.6. The molecule has 0 radical (unpaired) electrons. The van der Waals surface area contributed by atoms with Crippen molar-refractivity contribution in [2.45, 2.75) is 25.8 Å². The predicted octanol–water partition coefficient (Wildman–Crippen LogP) is 0.851. The molecule has 1 atom stereocenters. The van der Waals surface area contributed by atoms with Gasteiger partial charge in [-0.3, -0.25) is 0 Å². The zero-order valence-corrected chi connectivity index (χ0v) is 11.2. The van der Waals surface area contributed by atoms with E-state index < -0.39 is 0 Å². The summed E-state index contributed by atoms with van der Waals surface area (Å²) in [5.74, 6) is 0.319. The Hall–Kier alpha value is -1.10. The van der Waals surface area contributed by atoms with Gasteiger partial charge >= 0.3 is 0 Å². The molecular formula is C14H25N3O. The van der Waals surface area contributed by atoms with Gasteiger partial charge < -0.3 is 21.5 Å². The van der Waals surface area contributed by atoms with E-state index in [4.69, 9.17) is 5.73 Å². The molecule has 1 aromatic carbocycles. The lowest BCUT2D eigenvalue weighted by Crippen LogP contribution is -2.40. The van der Waals surface area contributed by atoms with Crippen LogP contribution in [0.2, 0.25) is 0 Å². The van der Waals surface area contributed by atoms with Crippen molar-refractivity contribution in [1.82, 2.24) is 10.6 Å². The minimum Gasteiger partial charge on any atom is -0.508 e. The van der Waals surface area contributed by atoms with Crippen molar-refractivity contribution in [2.24, 2.45) is 5.73 Å². The molecule has 0 heterocycles. The fourth-order valence-electron chi connectivity index (χ4n) is 1.93. The summed E-state index contributed by atoms with van der Waals surface area (Å²) in [6.07, 6.45) is 1.97. The number of phenols is 1. The van der Waals surface area contributed by atoms with Gasteiger partial charge in [-0.2, -0.15) is 0 Å². The first kappa shape index (κ1) is 15.0. The van der Waals surface area contributed by atoms with Crippen molar-refractivity contribution in [3.8, 4) is 5.75 Å². The Balaban J connectivity index is 2.38. The first-order valence-electron chi connectivity index (χ1n) is 6.68. The number of nitrogens with one attached hydrogen (secondary N) is 2. The van der Waals surface area contributed by atoms with Crippen LogP contribution in [0.1, 0.15) is 18.9 Å². The zero-order valence-electron chi connectivity index (χ0n) is 11.2. The van der Waals surface area contributed by atoms with Crippen LogP contribution >= 0.6 is 0 Å². The average Bonchev–Trinajstić information content (AvgIpc) is 2.37. The van der Waals surface area contributed by atoms with Gasteiger partial charge in [0, 0.05) is 12.6 Å². The zero-order chi connectivity index (χ0) is 13.2. The number of aromatic hydroxyl groups is 1. The minimum absolute atomic E-state index is 0.319. The molecule has 4 heteroatoms. The molecule has 5 N–H and O–H groups in total. The van der Waals surface area contributed by atoms with Crippen molar-refractivity contribution >= 4 is 0 Å². The van der Waals surface area contributed by atoms with E-state index >= 15 is 0 Å². The summed E-state index contributed by atoms with van der Waals surface area (Å²) in [5.41, 5.74) is 6.70. The summed E-state index contributed by atoms with van der Waals surface area (Å²) in [7, 11) is 0. The minimum atomic E-state index is 0.319. The van der Waals surface area contributed by atoms with Crippen LogP contribution in [-0.2, 0) is 6.42 Å². The van der Waals surface area contributed by atoms with E-state index in [0.29, 0.717) is 11.8 Å². The number of hydrogen-bond donors (Lipinski definition) is 4. The number of hydrogen-bond acceptors (Lipinski definition) is 4. The Bertz CT molecular complexity index is 313. The number of nitrogens with two attached hydrogens (primary N) is 1. The smallest absolute Gasteiger partial charge is 0.115 e. The lowest BCUT2D eigenvalue weighted by Gasteiger charge is -2.18. The molecule has 0 fully saturated rings. The predicted molar refractivity (Wildman–Crippen MR) is 75.8 cm³/mol. The molecule has 0 bridgehead atoms. The highest BCUT2D eigenvalue weighted by molar-refractivity contribution is 5.26. The Morgan fingerprint density at radius 1 is 1.28 bits per heavy atom. The Morgan fingerprint density at radius 2 is 2.00 bits per heavy atom. The molecule has 18 heavy (non-hydrogen) atoms. The van der Waals surface area contributed by atoms with Crippen LogP contribution in [0.3, 0.4) is 0 Å². The largest absolute Gasteiger partial charge is 0.508 e. The van der Waals surface area contributed by atoms with Crippen LogP contribution in [0.15, 0.2) is 24.3 Å². The molecule has 0 saturated heterocycles. The summed E-state index contributed by atoms with van der Waals surface area (Å²) < 4.78 is 0. The lowest BCUT2D eigenvalue weighted by molar-refractivity contribution is 0.471. The number of likely N-dealkylation sites (N-methyl/N-ethyl adjacent to an activating group) is 1. The highest BCUT2D eigenvalue weighted by Gasteiger charge is 2.07. The maximum Gasteiger partial charge on any atom is 0.115 e. The van der Waals surface area contributed by atoms with Crippen LogP contribution < -0.4 is 16.4 Å². The molecule has 1 rings (SSSR count). The second-order valence-electron chi connectivity index (χ2n) is 4.47. The van der Waals surface area contributed by atoms with Gasteiger partial charge in [0.15, 0.2) is 0 Å². The van der Waals surface area contributed by atoms with Crippen LogP contribution in [0.5, 0.6) is 5.75 Å². The fraction of sp³-hybridized carbons (Fsp3) is 0.571. The molecule has 0 aliphatic heterocycles. The number of phenolic OH excluding ortho intramolecular Hbond substituents is 1. The molecule has 0 aliphatic rings. The van der Waals surface area contributed by atoms with E-state index in [-0.39, 0.29) is 0 Å². The summed E-state index contributed by atoms with van der Waals surface area (Å²) in [4.78, 5) is 0. The summed E-state index contributed by atoms with van der Waals surface area (Å²) in [6.45, 7) is 5.71. The number of benzene rings is 1. The van der Waals surface area contributed by atoms with Crippen molar-refractivity contribution in [3.63, 3.8) is 0 Å². The first-order chi connectivity index (χ1) is 8.76. The topological polar surface area (TPSA) is 70.3 Å². The van der Waals surface area contributed by atoms with Gasteiger partial charge in [0.2, 0.25) is 0 Å². The van der Waals surface area contributed by atoms with Gasteiger partial charge in [-0.15, -0.1) is 0 Å². The van der Waals surface area contributed by atoms with Crippen LogP contribution in [0.25, 0.3) is 0 Å². The van der Waals surface area contributed by atoms with Crippen molar-refractivity contribution in [1.29, 1.82) is 0 Å². The molecule has 0 spiro atoms. The SMILES string of the molecule is CCN[C@H](CNCCCN)Cc1ccc(O)cc1. The van der Waals surface area contributed by atoms with Crippen LogP contribution in [0.4, 0.5) is 0 Å². The standard InChI is InChI=1S/C14H25N3O/c1-2-17-13(11-16-9-3-8-15)10-12-4-6-14(18)7-5-12/h4-7,13,16-18H,2-3,8-11,15H2,1H3/t13-/m0/s1. The van der Waals surface area contributed by atoms with Gasteiger partial charge in [0.25, 0.3) is 0 Å². The average molecular weight is 251 g/mol. The summed E-state index contributed by atoms with van der Waals surface area (Å²) in [5, 5.41) is 16.1. The third-order valence-electron chi connectivity index (χ3n) is 2.86. The van der Waals surface area contributed by atoms with Crippen LogP contribution in [0, 0.1) is 0 Å². The van der Waals surface area contributed by atoms with Crippen molar-refractivity contribution in [3.05, 3.63) is 29.8 Å². The van der Waals surface area contributed by atoms with E-state index in [9.17, 15) is 5.11 Å². The molecule has 1 aromatic rings. The Labute approximate surface area is 110 Å². The maximum absolute atomic E-state index is 9.25. The molecule has 4 nitrogen and oxygen atoms in total. The lowest BCUT2D eigenvalue weighted by atomic mass is 10.1. The summed E-state index contributed by atoms with van der Waals surface area (Å²) in [6, 6.07) is 7.83. The quantitative estimate of drug-likeness (QED) is 0.491. The fourth-order valence-corrected chi connectivity index (χ4v) is 1.93. The molecular weight excluding hydrogens is 226 g/mol. The Morgan fingerprint density at radius 3 is 2.61 bits per heavy atom. The van der Waals surface area contributed by atoms with E-state index in [1.54, 1.807) is 12.1 Å². The van der Waals surface area contributed by atoms with Gasteiger partial charge in [0.05, 0.1) is 0 Å². The first-order valence-corrected chi connectivity index (χ1v) is 6.68. The van der Waals surface area contributed by atoms with Crippen molar-refractivity contribution in [2.75, 3.05) is 26.2 Å². The highest BCUT2D eigenvalue weighted by Crippen LogP contribution is 2.11. The van der Waals surface area contributed by atoms with Gasteiger partial charge in [-0.05, 0) is 50.2 Å². The third-order valence-corrected chi connectivity index (χ3v) is 2.86. The third kappa shape index (κ3) is 6.00. The van der Waals surface area contributed by atoms with E-state index in [1.807, 2.05) is 12.1 Å². The maximum atomic E-state index is 9.25. The Kier molecular flexibility index (Phi) is 7.41. The second-order valence-corrected chi connectivity index (χ2v) is 4.47.